The Morgan fingerprint density at radius 3 is 2.16 bits per heavy atom. The predicted molar refractivity (Wildman–Crippen MR) is 66.1 cm³/mol. The van der Waals surface area contributed by atoms with Gasteiger partial charge in [-0.3, -0.25) is 0 Å². The van der Waals surface area contributed by atoms with Crippen LogP contribution in [0.2, 0.25) is 0 Å². The summed E-state index contributed by atoms with van der Waals surface area (Å²) < 4.78 is 64.4. The predicted octanol–water partition coefficient (Wildman–Crippen LogP) is 2.74. The van der Waals surface area contributed by atoms with Gasteiger partial charge in [0.25, 0.3) is 0 Å². The number of halogens is 4. The van der Waals surface area contributed by atoms with Crippen molar-refractivity contribution in [3.63, 3.8) is 0 Å². The number of rotatable bonds is 5. The standard InChI is InChI=1S/C11H13ClF3NO2S/c1-7(12)3-4-16(2)19(17,18)11-9(14)5-8(13)6-10(11)15/h5-7H,3-4H2,1-2H3. The molecule has 0 amide bonds. The molecule has 0 spiro atoms. The van der Waals surface area contributed by atoms with Crippen LogP contribution in [0.3, 0.4) is 0 Å². The van der Waals surface area contributed by atoms with Crippen LogP contribution in [0, 0.1) is 17.5 Å². The maximum atomic E-state index is 13.5. The maximum Gasteiger partial charge on any atom is 0.248 e. The zero-order valence-electron chi connectivity index (χ0n) is 10.3. The normalized spacial score (nSPS) is 13.8. The molecular weight excluding hydrogens is 303 g/mol. The third-order valence-electron chi connectivity index (χ3n) is 2.47. The highest BCUT2D eigenvalue weighted by atomic mass is 35.5. The first kappa shape index (κ1) is 16.3. The molecule has 0 saturated heterocycles. The lowest BCUT2D eigenvalue weighted by Gasteiger charge is -2.18. The van der Waals surface area contributed by atoms with Crippen molar-refractivity contribution in [2.75, 3.05) is 13.6 Å². The van der Waals surface area contributed by atoms with E-state index in [-0.39, 0.29) is 11.9 Å². The Hall–Kier alpha value is -0.790. The maximum absolute atomic E-state index is 13.5. The largest absolute Gasteiger partial charge is 0.248 e. The third kappa shape index (κ3) is 3.84. The van der Waals surface area contributed by atoms with Gasteiger partial charge in [-0.15, -0.1) is 11.6 Å². The van der Waals surface area contributed by atoms with Crippen LogP contribution in [-0.4, -0.2) is 31.7 Å². The molecule has 0 radical (unpaired) electrons. The number of sulfonamides is 1. The second-order valence-corrected chi connectivity index (χ2v) is 6.82. The molecule has 1 unspecified atom stereocenters. The Balaban J connectivity index is 3.14. The average molecular weight is 316 g/mol. The van der Waals surface area contributed by atoms with E-state index in [1.54, 1.807) is 6.92 Å². The Kier molecular flexibility index (Phi) is 5.23. The molecule has 0 aromatic heterocycles. The lowest BCUT2D eigenvalue weighted by atomic mass is 10.3. The lowest BCUT2D eigenvalue weighted by Crippen LogP contribution is -2.30. The van der Waals surface area contributed by atoms with Crippen molar-refractivity contribution in [1.82, 2.24) is 4.31 Å². The number of nitrogens with zero attached hydrogens (tertiary/aromatic N) is 1. The highest BCUT2D eigenvalue weighted by Gasteiger charge is 2.29. The van der Waals surface area contributed by atoms with E-state index in [1.165, 1.54) is 7.05 Å². The highest BCUT2D eigenvalue weighted by molar-refractivity contribution is 7.89. The average Bonchev–Trinajstić information content (AvgIpc) is 2.23. The van der Waals surface area contributed by atoms with E-state index in [0.29, 0.717) is 18.6 Å². The van der Waals surface area contributed by atoms with Crippen LogP contribution >= 0.6 is 11.6 Å². The summed E-state index contributed by atoms with van der Waals surface area (Å²) in [7, 11) is -3.18. The summed E-state index contributed by atoms with van der Waals surface area (Å²) in [6.45, 7) is 1.67. The molecule has 108 valence electrons. The fraction of sp³-hybridized carbons (Fsp3) is 0.455. The molecule has 0 heterocycles. The first-order valence-corrected chi connectivity index (χ1v) is 7.29. The Bertz CT molecular complexity index is 540. The molecule has 0 bridgehead atoms. The van der Waals surface area contributed by atoms with E-state index in [9.17, 15) is 21.6 Å². The van der Waals surface area contributed by atoms with Gasteiger partial charge in [-0.05, 0) is 13.3 Å². The van der Waals surface area contributed by atoms with Crippen LogP contribution in [0.5, 0.6) is 0 Å². The van der Waals surface area contributed by atoms with E-state index in [0.717, 1.165) is 4.31 Å². The Morgan fingerprint density at radius 1 is 1.26 bits per heavy atom. The van der Waals surface area contributed by atoms with Crippen LogP contribution in [0.4, 0.5) is 13.2 Å². The van der Waals surface area contributed by atoms with Gasteiger partial charge < -0.3 is 0 Å². The first-order valence-electron chi connectivity index (χ1n) is 5.41. The lowest BCUT2D eigenvalue weighted by molar-refractivity contribution is 0.440. The van der Waals surface area contributed by atoms with Crippen molar-refractivity contribution in [2.45, 2.75) is 23.6 Å². The van der Waals surface area contributed by atoms with Crippen molar-refractivity contribution < 1.29 is 21.6 Å². The Morgan fingerprint density at radius 2 is 1.74 bits per heavy atom. The van der Waals surface area contributed by atoms with E-state index in [2.05, 4.69) is 0 Å². The monoisotopic (exact) mass is 315 g/mol. The van der Waals surface area contributed by atoms with Gasteiger partial charge in [0.2, 0.25) is 10.0 Å². The van der Waals surface area contributed by atoms with Gasteiger partial charge in [-0.25, -0.2) is 25.9 Å². The van der Waals surface area contributed by atoms with E-state index < -0.39 is 32.4 Å². The topological polar surface area (TPSA) is 37.4 Å². The summed E-state index contributed by atoms with van der Waals surface area (Å²) in [6.07, 6.45) is 0.321. The smallest absolute Gasteiger partial charge is 0.207 e. The fourth-order valence-electron chi connectivity index (χ4n) is 1.41. The van der Waals surface area contributed by atoms with Gasteiger partial charge in [0.15, 0.2) is 4.90 Å². The summed E-state index contributed by atoms with van der Waals surface area (Å²) in [5.74, 6) is -4.09. The molecule has 0 saturated carbocycles. The number of hydrogen-bond donors (Lipinski definition) is 0. The molecule has 0 fully saturated rings. The summed E-state index contributed by atoms with van der Waals surface area (Å²) in [6, 6.07) is 0.655. The third-order valence-corrected chi connectivity index (χ3v) is 4.60. The van der Waals surface area contributed by atoms with Gasteiger partial charge in [0, 0.05) is 31.1 Å². The molecule has 1 atom stereocenters. The van der Waals surface area contributed by atoms with E-state index >= 15 is 0 Å². The second-order valence-electron chi connectivity index (χ2n) is 4.09. The molecule has 3 nitrogen and oxygen atoms in total. The van der Waals surface area contributed by atoms with Crippen LogP contribution in [-0.2, 0) is 10.0 Å². The Labute approximate surface area is 115 Å². The number of hydrogen-bond acceptors (Lipinski definition) is 2. The minimum Gasteiger partial charge on any atom is -0.207 e. The van der Waals surface area contributed by atoms with Gasteiger partial charge >= 0.3 is 0 Å². The second kappa shape index (κ2) is 6.11. The SMILES string of the molecule is CC(Cl)CCN(C)S(=O)(=O)c1c(F)cc(F)cc1F. The van der Waals surface area contributed by atoms with Crippen molar-refractivity contribution in [1.29, 1.82) is 0 Å². The van der Waals surface area contributed by atoms with E-state index in [1.807, 2.05) is 0 Å². The van der Waals surface area contributed by atoms with Crippen LogP contribution in [0.1, 0.15) is 13.3 Å². The molecule has 0 aliphatic carbocycles. The molecule has 0 N–H and O–H groups in total. The zero-order valence-corrected chi connectivity index (χ0v) is 11.9. The quantitative estimate of drug-likeness (QED) is 0.784. The number of alkyl halides is 1. The van der Waals surface area contributed by atoms with Crippen LogP contribution < -0.4 is 0 Å². The molecule has 1 aromatic rings. The summed E-state index contributed by atoms with van der Waals surface area (Å²) in [5, 5.41) is -0.277. The summed E-state index contributed by atoms with van der Waals surface area (Å²) >= 11 is 5.68. The van der Waals surface area contributed by atoms with Gasteiger partial charge in [0.05, 0.1) is 0 Å². The molecule has 0 aliphatic rings. The van der Waals surface area contributed by atoms with Crippen molar-refractivity contribution >= 4 is 21.6 Å². The molecule has 1 aromatic carbocycles. The van der Waals surface area contributed by atoms with Crippen LogP contribution in [0.15, 0.2) is 17.0 Å². The molecule has 19 heavy (non-hydrogen) atoms. The zero-order chi connectivity index (χ0) is 14.8. The van der Waals surface area contributed by atoms with Gasteiger partial charge in [-0.1, -0.05) is 0 Å². The highest BCUT2D eigenvalue weighted by Crippen LogP contribution is 2.23. The molecule has 0 aliphatic heterocycles. The first-order chi connectivity index (χ1) is 8.66. The minimum absolute atomic E-state index is 0.00323. The number of benzene rings is 1. The molecule has 1 rings (SSSR count). The summed E-state index contributed by atoms with van der Waals surface area (Å²) in [4.78, 5) is -1.15. The van der Waals surface area contributed by atoms with Gasteiger partial charge in [-0.2, -0.15) is 0 Å². The van der Waals surface area contributed by atoms with Gasteiger partial charge in [0.1, 0.15) is 17.5 Å². The fourth-order valence-corrected chi connectivity index (χ4v) is 2.78. The van der Waals surface area contributed by atoms with Crippen molar-refractivity contribution in [2.24, 2.45) is 0 Å². The van der Waals surface area contributed by atoms with Crippen LogP contribution in [0.25, 0.3) is 0 Å². The molecular formula is C11H13ClF3NO2S. The molecule has 8 heteroatoms. The van der Waals surface area contributed by atoms with Crippen molar-refractivity contribution in [3.8, 4) is 0 Å². The minimum atomic E-state index is -4.35. The summed E-state index contributed by atoms with van der Waals surface area (Å²) in [5.41, 5.74) is 0. The van der Waals surface area contributed by atoms with Crippen molar-refractivity contribution in [3.05, 3.63) is 29.6 Å². The van der Waals surface area contributed by atoms with E-state index in [4.69, 9.17) is 11.6 Å².